The normalized spacial score (nSPS) is 12.3. The van der Waals surface area contributed by atoms with Crippen LogP contribution in [0.1, 0.15) is 31.9 Å². The molecule has 20 heavy (non-hydrogen) atoms. The van der Waals surface area contributed by atoms with E-state index in [1.54, 1.807) is 4.68 Å². The molecule has 106 valence electrons. The highest BCUT2D eigenvalue weighted by Gasteiger charge is 2.17. The third kappa shape index (κ3) is 3.88. The Hall–Kier alpha value is -2.24. The molecule has 1 atom stereocenters. The number of aryl methyl sites for hydroxylation is 1. The van der Waals surface area contributed by atoms with E-state index in [2.05, 4.69) is 34.7 Å². The first-order valence-electron chi connectivity index (χ1n) is 6.72. The molecule has 1 aromatic carbocycles. The van der Waals surface area contributed by atoms with Crippen LogP contribution < -0.4 is 5.32 Å². The highest BCUT2D eigenvalue weighted by molar-refractivity contribution is 5.76. The fraction of sp³-hybridized carbons (Fsp3) is 0.429. The van der Waals surface area contributed by atoms with Crippen LogP contribution in [-0.4, -0.2) is 26.1 Å². The van der Waals surface area contributed by atoms with Gasteiger partial charge < -0.3 is 5.32 Å². The van der Waals surface area contributed by atoms with E-state index in [9.17, 15) is 4.79 Å². The van der Waals surface area contributed by atoms with Gasteiger partial charge in [0.1, 0.15) is 6.33 Å². The summed E-state index contributed by atoms with van der Waals surface area (Å²) in [5.74, 6) is 0.331. The lowest BCUT2D eigenvalue weighted by Crippen LogP contribution is -2.32. The Morgan fingerprint density at radius 1 is 1.30 bits per heavy atom. The first-order chi connectivity index (χ1) is 9.66. The summed E-state index contributed by atoms with van der Waals surface area (Å²) in [5.41, 5.74) is 1.12. The van der Waals surface area contributed by atoms with Crippen LogP contribution in [0.25, 0.3) is 0 Å². The number of amides is 1. The summed E-state index contributed by atoms with van der Waals surface area (Å²) in [5, 5.41) is 13.9. The van der Waals surface area contributed by atoms with Crippen molar-refractivity contribution in [1.29, 1.82) is 0 Å². The fourth-order valence-corrected chi connectivity index (χ4v) is 2.04. The molecule has 2 rings (SSSR count). The summed E-state index contributed by atoms with van der Waals surface area (Å²) in [6.45, 7) is 4.68. The number of tetrazole rings is 1. The van der Waals surface area contributed by atoms with Gasteiger partial charge in [0.15, 0.2) is 0 Å². The van der Waals surface area contributed by atoms with Crippen LogP contribution in [0, 0.1) is 5.92 Å². The molecule has 6 nitrogen and oxygen atoms in total. The average Bonchev–Trinajstić information content (AvgIpc) is 2.96. The minimum Gasteiger partial charge on any atom is -0.349 e. The molecule has 0 bridgehead atoms. The van der Waals surface area contributed by atoms with E-state index in [0.29, 0.717) is 18.9 Å². The van der Waals surface area contributed by atoms with E-state index < -0.39 is 0 Å². The maximum atomic E-state index is 12.0. The van der Waals surface area contributed by atoms with Gasteiger partial charge >= 0.3 is 0 Å². The predicted molar refractivity (Wildman–Crippen MR) is 74.6 cm³/mol. The number of carbonyl (C=O) groups excluding carboxylic acids is 1. The Morgan fingerprint density at radius 3 is 2.65 bits per heavy atom. The Labute approximate surface area is 118 Å². The average molecular weight is 273 g/mol. The van der Waals surface area contributed by atoms with E-state index in [4.69, 9.17) is 0 Å². The smallest absolute Gasteiger partial charge is 0.222 e. The van der Waals surface area contributed by atoms with Crippen LogP contribution in [0.2, 0.25) is 0 Å². The molecule has 0 fully saturated rings. The maximum Gasteiger partial charge on any atom is 0.222 e. The second-order valence-electron chi connectivity index (χ2n) is 5.02. The molecule has 6 heteroatoms. The third-order valence-electron chi connectivity index (χ3n) is 3.10. The first-order valence-corrected chi connectivity index (χ1v) is 6.72. The minimum atomic E-state index is 0.00283. The number of rotatable bonds is 6. The largest absolute Gasteiger partial charge is 0.349 e. The summed E-state index contributed by atoms with van der Waals surface area (Å²) >= 11 is 0. The molecule has 1 unspecified atom stereocenters. The number of aromatic nitrogens is 4. The summed E-state index contributed by atoms with van der Waals surface area (Å²) in [6, 6.07) is 10.0. The molecular weight excluding hydrogens is 254 g/mol. The molecular formula is C14H19N5O. The Balaban J connectivity index is 1.93. The van der Waals surface area contributed by atoms with Crippen molar-refractivity contribution < 1.29 is 4.79 Å². The third-order valence-corrected chi connectivity index (χ3v) is 3.10. The first kappa shape index (κ1) is 14.2. The van der Waals surface area contributed by atoms with Gasteiger partial charge in [0, 0.05) is 6.42 Å². The van der Waals surface area contributed by atoms with Crippen molar-refractivity contribution in [3.8, 4) is 0 Å². The van der Waals surface area contributed by atoms with Crippen LogP contribution in [0.5, 0.6) is 0 Å². The Morgan fingerprint density at radius 2 is 2.05 bits per heavy atom. The Kier molecular flexibility index (Phi) is 4.81. The van der Waals surface area contributed by atoms with Crippen LogP contribution in [0.4, 0.5) is 0 Å². The van der Waals surface area contributed by atoms with E-state index in [0.717, 1.165) is 5.56 Å². The van der Waals surface area contributed by atoms with E-state index in [1.165, 1.54) is 6.33 Å². The molecule has 1 N–H and O–H groups in total. The van der Waals surface area contributed by atoms with Gasteiger partial charge in [-0.05, 0) is 21.9 Å². The van der Waals surface area contributed by atoms with Crippen molar-refractivity contribution in [3.05, 3.63) is 42.2 Å². The van der Waals surface area contributed by atoms with Crippen molar-refractivity contribution >= 4 is 5.91 Å². The second kappa shape index (κ2) is 6.79. The van der Waals surface area contributed by atoms with Crippen molar-refractivity contribution in [1.82, 2.24) is 25.5 Å². The summed E-state index contributed by atoms with van der Waals surface area (Å²) < 4.78 is 1.55. The molecule has 0 saturated carbocycles. The van der Waals surface area contributed by atoms with E-state index in [-0.39, 0.29) is 11.9 Å². The van der Waals surface area contributed by atoms with Crippen molar-refractivity contribution in [2.75, 3.05) is 0 Å². The van der Waals surface area contributed by atoms with Crippen LogP contribution in [0.15, 0.2) is 36.7 Å². The summed E-state index contributed by atoms with van der Waals surface area (Å²) in [6.07, 6.45) is 1.87. The highest BCUT2D eigenvalue weighted by atomic mass is 16.1. The minimum absolute atomic E-state index is 0.00283. The van der Waals surface area contributed by atoms with Crippen molar-refractivity contribution in [3.63, 3.8) is 0 Å². The standard InChI is InChI=1S/C14H19N5O/c1-11(2)14(12-6-4-3-5-7-12)16-13(20)8-9-19-10-15-17-18-19/h3-7,10-11,14H,8-9H2,1-2H3,(H,16,20). The quantitative estimate of drug-likeness (QED) is 0.867. The molecule has 0 spiro atoms. The number of carbonyl (C=O) groups is 1. The van der Waals surface area contributed by atoms with Crippen LogP contribution >= 0.6 is 0 Å². The molecule has 1 aromatic heterocycles. The summed E-state index contributed by atoms with van der Waals surface area (Å²) in [4.78, 5) is 12.0. The molecule has 0 saturated heterocycles. The van der Waals surface area contributed by atoms with E-state index in [1.807, 2.05) is 30.3 Å². The molecule has 1 amide bonds. The molecule has 0 radical (unpaired) electrons. The molecule has 0 aliphatic rings. The zero-order valence-electron chi connectivity index (χ0n) is 11.7. The maximum absolute atomic E-state index is 12.0. The van der Waals surface area contributed by atoms with Crippen molar-refractivity contribution in [2.24, 2.45) is 5.92 Å². The van der Waals surface area contributed by atoms with Gasteiger partial charge in [0.05, 0.1) is 12.6 Å². The van der Waals surface area contributed by atoms with Gasteiger partial charge in [0.25, 0.3) is 0 Å². The van der Waals surface area contributed by atoms with Gasteiger partial charge in [-0.2, -0.15) is 0 Å². The fourth-order valence-electron chi connectivity index (χ4n) is 2.04. The van der Waals surface area contributed by atoms with Gasteiger partial charge in [-0.25, -0.2) is 4.68 Å². The van der Waals surface area contributed by atoms with Crippen LogP contribution in [-0.2, 0) is 11.3 Å². The lowest BCUT2D eigenvalue weighted by molar-refractivity contribution is -0.122. The monoisotopic (exact) mass is 273 g/mol. The summed E-state index contributed by atoms with van der Waals surface area (Å²) in [7, 11) is 0. The molecule has 2 aromatic rings. The van der Waals surface area contributed by atoms with Crippen molar-refractivity contribution in [2.45, 2.75) is 32.9 Å². The topological polar surface area (TPSA) is 72.7 Å². The highest BCUT2D eigenvalue weighted by Crippen LogP contribution is 2.21. The zero-order chi connectivity index (χ0) is 14.4. The number of hydrogen-bond acceptors (Lipinski definition) is 4. The number of nitrogens with one attached hydrogen (secondary N) is 1. The zero-order valence-corrected chi connectivity index (χ0v) is 11.7. The second-order valence-corrected chi connectivity index (χ2v) is 5.02. The molecule has 1 heterocycles. The lowest BCUT2D eigenvalue weighted by Gasteiger charge is -2.23. The Bertz CT molecular complexity index is 524. The SMILES string of the molecule is CC(C)C(NC(=O)CCn1cnnn1)c1ccccc1. The van der Waals surface area contributed by atoms with E-state index >= 15 is 0 Å². The van der Waals surface area contributed by atoms with Gasteiger partial charge in [-0.15, -0.1) is 5.10 Å². The van der Waals surface area contributed by atoms with Gasteiger partial charge in [0.2, 0.25) is 5.91 Å². The lowest BCUT2D eigenvalue weighted by atomic mass is 9.96. The molecule has 0 aliphatic heterocycles. The number of benzene rings is 1. The van der Waals surface area contributed by atoms with Gasteiger partial charge in [-0.3, -0.25) is 4.79 Å². The predicted octanol–water partition coefficient (Wildman–Crippen LogP) is 1.58. The number of hydrogen-bond donors (Lipinski definition) is 1. The number of nitrogens with zero attached hydrogens (tertiary/aromatic N) is 4. The molecule has 0 aliphatic carbocycles. The van der Waals surface area contributed by atoms with Crippen LogP contribution in [0.3, 0.4) is 0 Å². The van der Waals surface area contributed by atoms with Gasteiger partial charge in [-0.1, -0.05) is 44.2 Å².